The monoisotopic (exact) mass is 278 g/mol. The van der Waals surface area contributed by atoms with Crippen molar-refractivity contribution in [3.05, 3.63) is 30.1 Å². The number of benzene rings is 2. The van der Waals surface area contributed by atoms with Gasteiger partial charge in [0.05, 0.1) is 17.6 Å². The van der Waals surface area contributed by atoms with Crippen LogP contribution in [0, 0.1) is 6.92 Å². The topological polar surface area (TPSA) is 73.9 Å². The molecule has 5 nitrogen and oxygen atoms in total. The summed E-state index contributed by atoms with van der Waals surface area (Å²) in [5.41, 5.74) is 7.94. The van der Waals surface area contributed by atoms with E-state index in [9.17, 15) is 0 Å². The molecule has 0 aliphatic carbocycles. The fourth-order valence-electron chi connectivity index (χ4n) is 2.89. The van der Waals surface area contributed by atoms with Crippen molar-refractivity contribution in [1.82, 2.24) is 15.0 Å². The highest BCUT2D eigenvalue weighted by atomic mass is 16.5. The van der Waals surface area contributed by atoms with Crippen LogP contribution in [0.2, 0.25) is 0 Å². The number of anilines is 1. The first-order valence-corrected chi connectivity index (χ1v) is 6.90. The van der Waals surface area contributed by atoms with E-state index in [0.717, 1.165) is 38.4 Å². The van der Waals surface area contributed by atoms with Crippen molar-refractivity contribution in [2.45, 2.75) is 13.8 Å². The molecule has 4 aromatic rings. The Balaban J connectivity index is 2.29. The number of rotatable bonds is 2. The third-order valence-electron chi connectivity index (χ3n) is 3.69. The summed E-state index contributed by atoms with van der Waals surface area (Å²) in [6.45, 7) is 4.38. The maximum Gasteiger partial charge on any atom is 0.223 e. The maximum absolute atomic E-state index is 6.10. The number of hydrogen-bond acceptors (Lipinski definition) is 5. The highest BCUT2D eigenvalue weighted by molar-refractivity contribution is 6.24. The molecule has 0 saturated carbocycles. The Morgan fingerprint density at radius 2 is 1.62 bits per heavy atom. The summed E-state index contributed by atoms with van der Waals surface area (Å²) >= 11 is 0. The summed E-state index contributed by atoms with van der Waals surface area (Å²) in [7, 11) is 0. The van der Waals surface area contributed by atoms with E-state index in [0.29, 0.717) is 18.3 Å². The van der Waals surface area contributed by atoms with E-state index in [1.807, 2.05) is 38.1 Å². The minimum Gasteiger partial charge on any atom is -0.477 e. The van der Waals surface area contributed by atoms with Crippen molar-refractivity contribution >= 4 is 38.4 Å². The number of nitrogen functional groups attached to an aromatic ring is 1. The number of nitrogens with zero attached hydrogens (tertiary/aromatic N) is 3. The summed E-state index contributed by atoms with van der Waals surface area (Å²) in [6, 6.07) is 7.92. The van der Waals surface area contributed by atoms with Gasteiger partial charge in [-0.1, -0.05) is 0 Å². The van der Waals surface area contributed by atoms with Gasteiger partial charge in [0.25, 0.3) is 0 Å². The molecular formula is C16H14N4O. The largest absolute Gasteiger partial charge is 0.477 e. The molecule has 5 heteroatoms. The molecular weight excluding hydrogens is 264 g/mol. The van der Waals surface area contributed by atoms with Crippen LogP contribution in [-0.4, -0.2) is 21.6 Å². The molecule has 104 valence electrons. The van der Waals surface area contributed by atoms with Crippen LogP contribution < -0.4 is 10.5 Å². The molecule has 0 bridgehead atoms. The zero-order valence-corrected chi connectivity index (χ0v) is 11.8. The van der Waals surface area contributed by atoms with E-state index < -0.39 is 0 Å². The third-order valence-corrected chi connectivity index (χ3v) is 3.69. The van der Waals surface area contributed by atoms with Crippen LogP contribution in [0.15, 0.2) is 24.3 Å². The fourth-order valence-corrected chi connectivity index (χ4v) is 2.89. The Hall–Kier alpha value is -2.69. The van der Waals surface area contributed by atoms with Gasteiger partial charge in [-0.05, 0) is 38.1 Å². The predicted octanol–water partition coefficient (Wildman–Crippen LogP) is 3.06. The number of ether oxygens (including phenoxy) is 1. The second-order valence-electron chi connectivity index (χ2n) is 5.02. The Morgan fingerprint density at radius 3 is 2.29 bits per heavy atom. The van der Waals surface area contributed by atoms with Crippen molar-refractivity contribution in [1.29, 1.82) is 0 Å². The van der Waals surface area contributed by atoms with E-state index in [4.69, 9.17) is 10.5 Å². The second kappa shape index (κ2) is 4.15. The molecule has 2 aromatic heterocycles. The van der Waals surface area contributed by atoms with Gasteiger partial charge in [0.1, 0.15) is 11.6 Å². The summed E-state index contributed by atoms with van der Waals surface area (Å²) in [5, 5.41) is 3.91. The van der Waals surface area contributed by atoms with Gasteiger partial charge in [-0.2, -0.15) is 4.98 Å². The van der Waals surface area contributed by atoms with Gasteiger partial charge < -0.3 is 10.5 Å². The molecule has 0 unspecified atom stereocenters. The van der Waals surface area contributed by atoms with Crippen LogP contribution in [-0.2, 0) is 0 Å². The van der Waals surface area contributed by atoms with Gasteiger partial charge in [-0.15, -0.1) is 0 Å². The summed E-state index contributed by atoms with van der Waals surface area (Å²) in [6.07, 6.45) is 0. The average molecular weight is 278 g/mol. The average Bonchev–Trinajstić information content (AvgIpc) is 2.46. The quantitative estimate of drug-likeness (QED) is 0.570. The molecule has 21 heavy (non-hydrogen) atoms. The smallest absolute Gasteiger partial charge is 0.223 e. The molecule has 0 aliphatic rings. The van der Waals surface area contributed by atoms with Gasteiger partial charge in [-0.3, -0.25) is 0 Å². The number of pyridine rings is 1. The van der Waals surface area contributed by atoms with Crippen molar-refractivity contribution in [2.75, 3.05) is 12.3 Å². The molecule has 0 saturated heterocycles. The lowest BCUT2D eigenvalue weighted by atomic mass is 10.00. The zero-order valence-electron chi connectivity index (χ0n) is 11.8. The first-order valence-electron chi connectivity index (χ1n) is 6.90. The van der Waals surface area contributed by atoms with E-state index in [1.165, 1.54) is 0 Å². The summed E-state index contributed by atoms with van der Waals surface area (Å²) in [4.78, 5) is 13.4. The highest BCUT2D eigenvalue weighted by Crippen LogP contribution is 2.38. The van der Waals surface area contributed by atoms with Crippen LogP contribution in [0.1, 0.15) is 12.7 Å². The number of aromatic nitrogens is 3. The lowest BCUT2D eigenvalue weighted by Crippen LogP contribution is -2.01. The lowest BCUT2D eigenvalue weighted by molar-refractivity contribution is 0.332. The van der Waals surface area contributed by atoms with E-state index in [-0.39, 0.29) is 0 Å². The van der Waals surface area contributed by atoms with Crippen LogP contribution >= 0.6 is 0 Å². The molecule has 0 amide bonds. The Bertz CT molecular complexity index is 962. The van der Waals surface area contributed by atoms with Crippen LogP contribution in [0.3, 0.4) is 0 Å². The van der Waals surface area contributed by atoms with Crippen LogP contribution in [0.25, 0.3) is 32.6 Å². The van der Waals surface area contributed by atoms with Crippen molar-refractivity contribution in [3.63, 3.8) is 0 Å². The van der Waals surface area contributed by atoms with Gasteiger partial charge in [0.2, 0.25) is 5.88 Å². The molecule has 0 spiro atoms. The lowest BCUT2D eigenvalue weighted by Gasteiger charge is -2.14. The highest BCUT2D eigenvalue weighted by Gasteiger charge is 2.16. The molecule has 2 N–H and O–H groups in total. The van der Waals surface area contributed by atoms with Crippen molar-refractivity contribution in [3.8, 4) is 5.88 Å². The van der Waals surface area contributed by atoms with Gasteiger partial charge >= 0.3 is 0 Å². The maximum atomic E-state index is 6.10. The minimum absolute atomic E-state index is 0.473. The van der Waals surface area contributed by atoms with E-state index in [2.05, 4.69) is 15.0 Å². The van der Waals surface area contributed by atoms with Gasteiger partial charge in [0, 0.05) is 21.5 Å². The molecule has 2 aromatic carbocycles. The van der Waals surface area contributed by atoms with E-state index in [1.54, 1.807) is 0 Å². The van der Waals surface area contributed by atoms with Crippen LogP contribution in [0.5, 0.6) is 5.88 Å². The van der Waals surface area contributed by atoms with Gasteiger partial charge in [-0.25, -0.2) is 9.97 Å². The van der Waals surface area contributed by atoms with E-state index >= 15 is 0 Å². The molecule has 0 atom stereocenters. The Kier molecular flexibility index (Phi) is 2.39. The Labute approximate surface area is 121 Å². The first-order chi connectivity index (χ1) is 10.2. The number of aryl methyl sites for hydroxylation is 1. The summed E-state index contributed by atoms with van der Waals surface area (Å²) in [5.74, 6) is 1.80. The number of nitrogens with two attached hydrogens (primary N) is 1. The van der Waals surface area contributed by atoms with Crippen molar-refractivity contribution in [2.24, 2.45) is 0 Å². The minimum atomic E-state index is 0.473. The third kappa shape index (κ3) is 1.60. The fraction of sp³-hybridized carbons (Fsp3) is 0.188. The van der Waals surface area contributed by atoms with Gasteiger partial charge in [0.15, 0.2) is 0 Å². The number of hydrogen-bond donors (Lipinski definition) is 1. The normalized spacial score (nSPS) is 11.7. The molecule has 0 radical (unpaired) electrons. The molecule has 0 aliphatic heterocycles. The van der Waals surface area contributed by atoms with Crippen molar-refractivity contribution < 1.29 is 4.74 Å². The molecule has 4 rings (SSSR count). The predicted molar refractivity (Wildman–Crippen MR) is 83.8 cm³/mol. The summed E-state index contributed by atoms with van der Waals surface area (Å²) < 4.78 is 5.64. The molecule has 2 heterocycles. The van der Waals surface area contributed by atoms with Crippen LogP contribution in [0.4, 0.5) is 5.82 Å². The first kappa shape index (κ1) is 12.1. The second-order valence-corrected chi connectivity index (χ2v) is 5.02. The Morgan fingerprint density at radius 1 is 0.952 bits per heavy atom. The zero-order chi connectivity index (χ0) is 14.6. The standard InChI is InChI=1S/C16H14N4O/c1-3-21-16-10-5-7-12-14-11(18-8(2)19-12)6-4-9(13(10)14)15(17)20-16/h4-7H,3H2,1-2H3,(H2,17,20). The molecule has 0 fully saturated rings. The SMILES string of the molecule is CCOc1nc(N)c2ccc3nc(C)nc4ccc1c2c34.